The summed E-state index contributed by atoms with van der Waals surface area (Å²) in [7, 11) is 0. The summed E-state index contributed by atoms with van der Waals surface area (Å²) in [6, 6.07) is 2.09. The first-order chi connectivity index (χ1) is 8.10. The average Bonchev–Trinajstić information content (AvgIpc) is 2.30. The fraction of sp³-hybridized carbons (Fsp3) is 0.846. The average molecular weight is 238 g/mol. The lowest BCUT2D eigenvalue weighted by molar-refractivity contribution is -0.125. The Balaban J connectivity index is 2.57. The normalized spacial score (nSPS) is 26.3. The van der Waals surface area contributed by atoms with E-state index in [1.54, 1.807) is 0 Å². The highest BCUT2D eigenvalue weighted by atomic mass is 16.3. The molecule has 96 valence electrons. The van der Waals surface area contributed by atoms with E-state index < -0.39 is 5.92 Å². The molecule has 2 N–H and O–H groups in total. The molecule has 4 heteroatoms. The van der Waals surface area contributed by atoms with Gasteiger partial charge >= 0.3 is 0 Å². The van der Waals surface area contributed by atoms with Crippen molar-refractivity contribution in [2.75, 3.05) is 6.61 Å². The molecule has 0 aromatic carbocycles. The maximum atomic E-state index is 11.9. The van der Waals surface area contributed by atoms with E-state index in [1.165, 1.54) is 0 Å². The van der Waals surface area contributed by atoms with Gasteiger partial charge in [-0.2, -0.15) is 5.26 Å². The molecule has 3 atom stereocenters. The highest BCUT2D eigenvalue weighted by Crippen LogP contribution is 2.24. The predicted molar refractivity (Wildman–Crippen MR) is 64.9 cm³/mol. The second-order valence-electron chi connectivity index (χ2n) is 5.19. The van der Waals surface area contributed by atoms with E-state index in [2.05, 4.69) is 5.32 Å². The fourth-order valence-corrected chi connectivity index (χ4v) is 2.40. The number of nitrogens with zero attached hydrogens (tertiary/aromatic N) is 1. The largest absolute Gasteiger partial charge is 0.396 e. The Morgan fingerprint density at radius 3 is 2.65 bits per heavy atom. The van der Waals surface area contributed by atoms with Gasteiger partial charge in [-0.15, -0.1) is 0 Å². The van der Waals surface area contributed by atoms with Crippen molar-refractivity contribution in [3.63, 3.8) is 0 Å². The first-order valence-electron chi connectivity index (χ1n) is 6.41. The number of hydrogen-bond acceptors (Lipinski definition) is 3. The van der Waals surface area contributed by atoms with Gasteiger partial charge in [0.25, 0.3) is 0 Å². The fourth-order valence-electron chi connectivity index (χ4n) is 2.40. The Morgan fingerprint density at radius 1 is 1.47 bits per heavy atom. The number of carbonyl (C=O) groups is 1. The molecule has 1 aliphatic rings. The van der Waals surface area contributed by atoms with Crippen LogP contribution in [-0.2, 0) is 4.79 Å². The number of carbonyl (C=O) groups excluding carboxylic acids is 1. The molecule has 1 amide bonds. The van der Waals surface area contributed by atoms with Crippen molar-refractivity contribution in [1.29, 1.82) is 5.26 Å². The lowest BCUT2D eigenvalue weighted by Crippen LogP contribution is -2.46. The molecule has 1 rings (SSSR count). The van der Waals surface area contributed by atoms with Crippen molar-refractivity contribution in [1.82, 2.24) is 5.32 Å². The van der Waals surface area contributed by atoms with E-state index in [0.717, 1.165) is 25.7 Å². The van der Waals surface area contributed by atoms with Gasteiger partial charge in [-0.1, -0.05) is 26.7 Å². The zero-order valence-electron chi connectivity index (χ0n) is 10.6. The third-order valence-corrected chi connectivity index (χ3v) is 3.56. The van der Waals surface area contributed by atoms with Gasteiger partial charge in [0, 0.05) is 18.6 Å². The molecule has 0 aliphatic heterocycles. The Bertz CT molecular complexity index is 296. The summed E-state index contributed by atoms with van der Waals surface area (Å²) < 4.78 is 0. The van der Waals surface area contributed by atoms with E-state index in [-0.39, 0.29) is 30.4 Å². The molecule has 1 fully saturated rings. The van der Waals surface area contributed by atoms with Crippen LogP contribution in [0.1, 0.15) is 39.5 Å². The minimum Gasteiger partial charge on any atom is -0.396 e. The highest BCUT2D eigenvalue weighted by Gasteiger charge is 2.29. The van der Waals surface area contributed by atoms with Crippen LogP contribution in [0.15, 0.2) is 0 Å². The first-order valence-corrected chi connectivity index (χ1v) is 6.41. The predicted octanol–water partition coefficient (Wildman–Crippen LogP) is 1.45. The van der Waals surface area contributed by atoms with Crippen LogP contribution >= 0.6 is 0 Å². The van der Waals surface area contributed by atoms with E-state index in [9.17, 15) is 9.90 Å². The molecule has 0 heterocycles. The molecule has 0 aromatic rings. The van der Waals surface area contributed by atoms with Crippen LogP contribution in [0, 0.1) is 29.1 Å². The number of nitrogens with one attached hydrogen (secondary N) is 1. The molecule has 4 nitrogen and oxygen atoms in total. The summed E-state index contributed by atoms with van der Waals surface area (Å²) in [5.41, 5.74) is 0. The summed E-state index contributed by atoms with van der Waals surface area (Å²) in [5.74, 6) is -0.598. The first kappa shape index (κ1) is 14.0. The van der Waals surface area contributed by atoms with Crippen LogP contribution in [0.3, 0.4) is 0 Å². The Labute approximate surface area is 103 Å². The molecule has 0 bridgehead atoms. The van der Waals surface area contributed by atoms with Crippen molar-refractivity contribution >= 4 is 5.91 Å². The van der Waals surface area contributed by atoms with Crippen molar-refractivity contribution in [3.05, 3.63) is 0 Å². The van der Waals surface area contributed by atoms with Gasteiger partial charge in [0.05, 0.1) is 6.07 Å². The maximum Gasteiger partial charge on any atom is 0.237 e. The number of rotatable bonds is 4. The summed E-state index contributed by atoms with van der Waals surface area (Å²) >= 11 is 0. The molecule has 0 saturated heterocycles. The topological polar surface area (TPSA) is 73.1 Å². The Hall–Kier alpha value is -1.08. The molecule has 0 spiro atoms. The van der Waals surface area contributed by atoms with Crippen molar-refractivity contribution in [2.45, 2.75) is 45.6 Å². The van der Waals surface area contributed by atoms with E-state index in [0.29, 0.717) is 0 Å². The van der Waals surface area contributed by atoms with Crippen LogP contribution in [0.4, 0.5) is 0 Å². The molecule has 1 saturated carbocycles. The van der Waals surface area contributed by atoms with Gasteiger partial charge in [-0.3, -0.25) is 4.79 Å². The molecule has 1 aliphatic carbocycles. The molecule has 17 heavy (non-hydrogen) atoms. The summed E-state index contributed by atoms with van der Waals surface area (Å²) in [6.07, 6.45) is 4.07. The lowest BCUT2D eigenvalue weighted by atomic mass is 9.84. The summed E-state index contributed by atoms with van der Waals surface area (Å²) in [6.45, 7) is 3.86. The SMILES string of the molecule is CC(C)C(C#N)C(=O)NC1CCCCC1CO. The summed E-state index contributed by atoms with van der Waals surface area (Å²) in [5, 5.41) is 21.2. The van der Waals surface area contributed by atoms with E-state index >= 15 is 0 Å². The quantitative estimate of drug-likeness (QED) is 0.778. The van der Waals surface area contributed by atoms with Gasteiger partial charge < -0.3 is 10.4 Å². The van der Waals surface area contributed by atoms with Gasteiger partial charge in [0.2, 0.25) is 5.91 Å². The molecular formula is C13H22N2O2. The smallest absolute Gasteiger partial charge is 0.237 e. The number of amides is 1. The van der Waals surface area contributed by atoms with Gasteiger partial charge in [-0.05, 0) is 18.8 Å². The van der Waals surface area contributed by atoms with E-state index in [4.69, 9.17) is 5.26 Å². The molecule has 3 unspecified atom stereocenters. The highest BCUT2D eigenvalue weighted by molar-refractivity contribution is 5.81. The van der Waals surface area contributed by atoms with Gasteiger partial charge in [0.1, 0.15) is 5.92 Å². The van der Waals surface area contributed by atoms with Crippen molar-refractivity contribution in [3.8, 4) is 6.07 Å². The van der Waals surface area contributed by atoms with Crippen molar-refractivity contribution < 1.29 is 9.90 Å². The maximum absolute atomic E-state index is 11.9. The van der Waals surface area contributed by atoms with Crippen LogP contribution in [0.5, 0.6) is 0 Å². The number of hydrogen-bond donors (Lipinski definition) is 2. The Morgan fingerprint density at radius 2 is 2.12 bits per heavy atom. The van der Waals surface area contributed by atoms with Crippen LogP contribution in [0.25, 0.3) is 0 Å². The minimum atomic E-state index is -0.587. The molecule has 0 radical (unpaired) electrons. The zero-order chi connectivity index (χ0) is 12.8. The minimum absolute atomic E-state index is 0.0242. The van der Waals surface area contributed by atoms with Crippen molar-refractivity contribution in [2.24, 2.45) is 17.8 Å². The summed E-state index contributed by atoms with van der Waals surface area (Å²) in [4.78, 5) is 11.9. The van der Waals surface area contributed by atoms with Crippen LogP contribution < -0.4 is 5.32 Å². The zero-order valence-corrected chi connectivity index (χ0v) is 10.6. The van der Waals surface area contributed by atoms with Crippen LogP contribution in [-0.4, -0.2) is 23.7 Å². The third kappa shape index (κ3) is 3.71. The second-order valence-corrected chi connectivity index (χ2v) is 5.19. The van der Waals surface area contributed by atoms with Gasteiger partial charge in [0.15, 0.2) is 0 Å². The second kappa shape index (κ2) is 6.61. The molecule has 0 aromatic heterocycles. The monoisotopic (exact) mass is 238 g/mol. The number of aliphatic hydroxyl groups is 1. The Kier molecular flexibility index (Phi) is 5.43. The standard InChI is InChI=1S/C13H22N2O2/c1-9(2)11(7-14)13(17)15-12-6-4-3-5-10(12)8-16/h9-12,16H,3-6,8H2,1-2H3,(H,15,17). The van der Waals surface area contributed by atoms with E-state index in [1.807, 2.05) is 19.9 Å². The molecular weight excluding hydrogens is 216 g/mol. The number of aliphatic hydroxyl groups excluding tert-OH is 1. The third-order valence-electron chi connectivity index (χ3n) is 3.56. The number of nitriles is 1. The van der Waals surface area contributed by atoms with Crippen LogP contribution in [0.2, 0.25) is 0 Å². The lowest BCUT2D eigenvalue weighted by Gasteiger charge is -2.31. The van der Waals surface area contributed by atoms with Gasteiger partial charge in [-0.25, -0.2) is 0 Å².